The number of carbonyl (C=O) groups is 3. The van der Waals surface area contributed by atoms with E-state index >= 15 is 0 Å². The van der Waals surface area contributed by atoms with Crippen LogP contribution in [0.4, 0.5) is 4.79 Å². The quantitative estimate of drug-likeness (QED) is 0.610. The van der Waals surface area contributed by atoms with E-state index in [2.05, 4.69) is 11.2 Å². The number of hydrazine groups is 1. The number of nitrogens with zero attached hydrogens (tertiary/aromatic N) is 4. The predicted molar refractivity (Wildman–Crippen MR) is 137 cm³/mol. The smallest absolute Gasteiger partial charge is 0.333 e. The molecule has 2 aromatic carbocycles. The van der Waals surface area contributed by atoms with Crippen LogP contribution in [0.2, 0.25) is 5.02 Å². The van der Waals surface area contributed by atoms with Crippen molar-refractivity contribution in [1.29, 1.82) is 0 Å². The highest BCUT2D eigenvalue weighted by Gasteiger charge is 2.52. The van der Waals surface area contributed by atoms with Gasteiger partial charge in [-0.15, -0.1) is 6.42 Å². The number of rotatable bonds is 6. The van der Waals surface area contributed by atoms with Gasteiger partial charge >= 0.3 is 6.03 Å². The Balaban J connectivity index is 1.66. The fourth-order valence-corrected chi connectivity index (χ4v) is 5.02. The molecule has 2 heterocycles. The lowest BCUT2D eigenvalue weighted by Gasteiger charge is -2.55. The van der Waals surface area contributed by atoms with Crippen molar-refractivity contribution in [1.82, 2.24) is 25.1 Å². The average Bonchev–Trinajstić information content (AvgIpc) is 2.85. The molecular weight excluding hydrogens is 478 g/mol. The number of hydrogen-bond acceptors (Lipinski definition) is 4. The van der Waals surface area contributed by atoms with Crippen molar-refractivity contribution in [3.8, 4) is 12.3 Å². The van der Waals surface area contributed by atoms with Gasteiger partial charge in [-0.2, -0.15) is 5.01 Å². The second-order valence-electron chi connectivity index (χ2n) is 9.30. The maximum atomic E-state index is 13.6. The molecule has 2 fully saturated rings. The first-order valence-corrected chi connectivity index (χ1v) is 12.3. The van der Waals surface area contributed by atoms with Crippen LogP contribution in [0.15, 0.2) is 54.6 Å². The number of terminal acetylenes is 1. The summed E-state index contributed by atoms with van der Waals surface area (Å²) in [5.74, 6) is 2.00. The first kappa shape index (κ1) is 25.5. The Kier molecular flexibility index (Phi) is 7.82. The number of hydrogen-bond donors (Lipinski definition) is 1. The predicted octanol–water partition coefficient (Wildman–Crippen LogP) is 2.94. The Morgan fingerprint density at radius 1 is 1.14 bits per heavy atom. The largest absolute Gasteiger partial charge is 0.334 e. The molecule has 2 aliphatic heterocycles. The van der Waals surface area contributed by atoms with Crippen molar-refractivity contribution in [3.63, 3.8) is 0 Å². The van der Waals surface area contributed by atoms with Crippen molar-refractivity contribution in [2.45, 2.75) is 39.1 Å². The fourth-order valence-electron chi connectivity index (χ4n) is 4.82. The van der Waals surface area contributed by atoms with Crippen LogP contribution in [0.3, 0.4) is 0 Å². The zero-order valence-corrected chi connectivity index (χ0v) is 21.2. The average molecular weight is 508 g/mol. The first-order chi connectivity index (χ1) is 17.3. The molecule has 0 saturated carbocycles. The Hall–Kier alpha value is -3.54. The summed E-state index contributed by atoms with van der Waals surface area (Å²) in [4.78, 5) is 43.7. The molecule has 4 rings (SSSR count). The summed E-state index contributed by atoms with van der Waals surface area (Å²) in [6, 6.07) is 15.8. The monoisotopic (exact) mass is 507 g/mol. The number of benzene rings is 2. The molecule has 9 heteroatoms. The summed E-state index contributed by atoms with van der Waals surface area (Å²) >= 11 is 6.39. The maximum Gasteiger partial charge on any atom is 0.334 e. The van der Waals surface area contributed by atoms with E-state index in [9.17, 15) is 14.4 Å². The lowest BCUT2D eigenvalue weighted by atomic mass is 9.95. The van der Waals surface area contributed by atoms with Crippen LogP contribution < -0.4 is 5.32 Å². The van der Waals surface area contributed by atoms with Crippen molar-refractivity contribution >= 4 is 29.4 Å². The Labute approximate surface area is 216 Å². The number of piperazine rings is 1. The van der Waals surface area contributed by atoms with Gasteiger partial charge in [0.1, 0.15) is 12.2 Å². The Morgan fingerprint density at radius 3 is 2.50 bits per heavy atom. The minimum atomic E-state index is -0.712. The number of amides is 4. The lowest BCUT2D eigenvalue weighted by molar-refractivity contribution is -0.192. The molecule has 4 amide bonds. The van der Waals surface area contributed by atoms with Crippen molar-refractivity contribution in [2.24, 2.45) is 5.92 Å². The van der Waals surface area contributed by atoms with Gasteiger partial charge in [-0.05, 0) is 23.1 Å². The van der Waals surface area contributed by atoms with E-state index in [1.807, 2.05) is 62.4 Å². The minimum absolute atomic E-state index is 0.0829. The molecule has 36 heavy (non-hydrogen) atoms. The second kappa shape index (κ2) is 11.0. The molecule has 2 saturated heterocycles. The molecule has 0 bridgehead atoms. The van der Waals surface area contributed by atoms with E-state index in [0.29, 0.717) is 11.6 Å². The van der Waals surface area contributed by atoms with Crippen LogP contribution in [0.5, 0.6) is 0 Å². The van der Waals surface area contributed by atoms with E-state index in [1.165, 1.54) is 5.01 Å². The van der Waals surface area contributed by atoms with Gasteiger partial charge in [-0.1, -0.05) is 79.9 Å². The van der Waals surface area contributed by atoms with Crippen LogP contribution >= 0.6 is 11.6 Å². The molecule has 2 aliphatic rings. The van der Waals surface area contributed by atoms with E-state index < -0.39 is 12.2 Å². The van der Waals surface area contributed by atoms with Crippen LogP contribution in [-0.4, -0.2) is 69.5 Å². The highest BCUT2D eigenvalue weighted by Crippen LogP contribution is 2.31. The molecule has 8 nitrogen and oxygen atoms in total. The molecule has 1 N–H and O–H groups in total. The van der Waals surface area contributed by atoms with Gasteiger partial charge in [-0.3, -0.25) is 9.59 Å². The van der Waals surface area contributed by atoms with Gasteiger partial charge in [0.05, 0.1) is 19.6 Å². The topological polar surface area (TPSA) is 76.2 Å². The summed E-state index contributed by atoms with van der Waals surface area (Å²) in [6.07, 6.45) is 4.88. The minimum Gasteiger partial charge on any atom is -0.333 e. The highest BCUT2D eigenvalue weighted by molar-refractivity contribution is 6.31. The zero-order valence-electron chi connectivity index (χ0n) is 20.4. The van der Waals surface area contributed by atoms with Crippen LogP contribution in [0.25, 0.3) is 0 Å². The van der Waals surface area contributed by atoms with Crippen molar-refractivity contribution in [3.05, 3.63) is 70.7 Å². The van der Waals surface area contributed by atoms with Crippen LogP contribution in [-0.2, 0) is 22.7 Å². The van der Waals surface area contributed by atoms with Gasteiger partial charge < -0.3 is 15.1 Å². The van der Waals surface area contributed by atoms with E-state index in [4.69, 9.17) is 18.0 Å². The summed E-state index contributed by atoms with van der Waals surface area (Å²) in [6.45, 7) is 4.53. The zero-order chi connectivity index (χ0) is 25.8. The van der Waals surface area contributed by atoms with Gasteiger partial charge in [0.2, 0.25) is 11.8 Å². The second-order valence-corrected chi connectivity index (χ2v) is 9.70. The molecule has 188 valence electrons. The molecule has 0 aromatic heterocycles. The molecule has 2 aromatic rings. The summed E-state index contributed by atoms with van der Waals surface area (Å²) in [5.41, 5.74) is 1.74. The third-order valence-corrected chi connectivity index (χ3v) is 6.85. The van der Waals surface area contributed by atoms with Gasteiger partial charge in [-0.25, -0.2) is 9.80 Å². The summed E-state index contributed by atoms with van der Waals surface area (Å²) in [7, 11) is 0. The van der Waals surface area contributed by atoms with E-state index in [0.717, 1.165) is 11.1 Å². The summed E-state index contributed by atoms with van der Waals surface area (Å²) in [5, 5.41) is 6.58. The van der Waals surface area contributed by atoms with Crippen molar-refractivity contribution < 1.29 is 14.4 Å². The SMILES string of the molecule is C#CCN1CC(=O)N2[C@@H](C(C)C)C(=O)N(Cc3ccccc3Cl)C[C@@H]2N1C(=O)NCc1ccccc1. The maximum absolute atomic E-state index is 13.6. The number of carbonyl (C=O) groups excluding carboxylic acids is 3. The van der Waals surface area contributed by atoms with Gasteiger partial charge in [0.25, 0.3) is 0 Å². The van der Waals surface area contributed by atoms with E-state index in [-0.39, 0.29) is 49.9 Å². The fraction of sp³-hybridized carbons (Fsp3) is 0.370. The molecule has 0 radical (unpaired) electrons. The molecule has 0 aliphatic carbocycles. The standard InChI is InChI=1S/C27H30ClN5O3/c1-4-14-31-18-24(34)32-23(33(31)27(36)29-15-20-10-6-5-7-11-20)17-30(26(35)25(32)19(2)3)16-21-12-8-9-13-22(21)28/h1,5-13,19,23,25H,14-18H2,2-3H3,(H,29,36)/t23-,25-/m0/s1. The molecule has 2 atom stereocenters. The molecular formula is C27H30ClN5O3. The Bertz CT molecular complexity index is 1170. The third-order valence-electron chi connectivity index (χ3n) is 6.48. The highest BCUT2D eigenvalue weighted by atomic mass is 35.5. The number of urea groups is 1. The number of halogens is 1. The van der Waals surface area contributed by atoms with Crippen LogP contribution in [0, 0.1) is 18.3 Å². The van der Waals surface area contributed by atoms with Gasteiger partial charge in [0, 0.05) is 18.1 Å². The number of nitrogens with one attached hydrogen (secondary N) is 1. The first-order valence-electron chi connectivity index (χ1n) is 11.9. The van der Waals surface area contributed by atoms with Crippen LogP contribution in [0.1, 0.15) is 25.0 Å². The summed E-state index contributed by atoms with van der Waals surface area (Å²) < 4.78 is 0. The molecule has 0 unspecified atom stereocenters. The number of fused-ring (bicyclic) bond motifs is 1. The lowest BCUT2D eigenvalue weighted by Crippen LogP contribution is -2.77. The Morgan fingerprint density at radius 2 is 1.83 bits per heavy atom. The normalized spacial score (nSPS) is 20.4. The van der Waals surface area contributed by atoms with E-state index in [1.54, 1.807) is 20.9 Å². The molecule has 0 spiro atoms. The van der Waals surface area contributed by atoms with Crippen molar-refractivity contribution in [2.75, 3.05) is 19.6 Å². The van der Waals surface area contributed by atoms with Gasteiger partial charge in [0.15, 0.2) is 0 Å². The third kappa shape index (κ3) is 5.18.